The van der Waals surface area contributed by atoms with Crippen LogP contribution in [0, 0.1) is 0 Å². The highest BCUT2D eigenvalue weighted by Gasteiger charge is 2.39. The maximum absolute atomic E-state index is 10.5. The first-order chi connectivity index (χ1) is 10.6. The number of hydrogen-bond acceptors (Lipinski definition) is 3. The average Bonchev–Trinajstić information content (AvgIpc) is 2.45. The summed E-state index contributed by atoms with van der Waals surface area (Å²) in [7, 11) is -0.324. The quantitative estimate of drug-likeness (QED) is 0.389. The summed E-state index contributed by atoms with van der Waals surface area (Å²) in [5, 5.41) is 10.6. The monoisotopic (exact) mass is 336 g/mol. The maximum Gasteiger partial charge on any atom is 0.250 e. The normalized spacial score (nSPS) is 13.5. The first kappa shape index (κ1) is 19.8. The third-order valence-electron chi connectivity index (χ3n) is 4.63. The van der Waals surface area contributed by atoms with Gasteiger partial charge in [-0.2, -0.15) is 0 Å². The predicted octanol–water partition coefficient (Wildman–Crippen LogP) is 5.47. The SMILES string of the molecule is C=CCCCC(O)c1cccc(O[Si](C)(C)C(C)(C)C)c1OC. The average molecular weight is 337 g/mol. The summed E-state index contributed by atoms with van der Waals surface area (Å²) in [4.78, 5) is 0. The Hall–Kier alpha value is -1.26. The lowest BCUT2D eigenvalue weighted by atomic mass is 10.0. The fraction of sp³-hybridized carbons (Fsp3) is 0.579. The van der Waals surface area contributed by atoms with Crippen LogP contribution in [0.2, 0.25) is 18.1 Å². The lowest BCUT2D eigenvalue weighted by Crippen LogP contribution is -2.44. The van der Waals surface area contributed by atoms with Crippen molar-refractivity contribution in [3.8, 4) is 11.5 Å². The second-order valence-electron chi connectivity index (χ2n) is 7.48. The van der Waals surface area contributed by atoms with Gasteiger partial charge in [-0.3, -0.25) is 0 Å². The minimum Gasteiger partial charge on any atom is -0.541 e. The molecule has 1 aromatic rings. The molecule has 0 heterocycles. The van der Waals surface area contributed by atoms with Crippen LogP contribution in [0.25, 0.3) is 0 Å². The first-order valence-corrected chi connectivity index (χ1v) is 11.2. The topological polar surface area (TPSA) is 38.7 Å². The van der Waals surface area contributed by atoms with Crippen molar-refractivity contribution < 1.29 is 14.3 Å². The molecule has 23 heavy (non-hydrogen) atoms. The molecule has 0 radical (unpaired) electrons. The zero-order valence-electron chi connectivity index (χ0n) is 15.5. The van der Waals surface area contributed by atoms with Crippen LogP contribution < -0.4 is 9.16 Å². The second-order valence-corrected chi connectivity index (χ2v) is 12.2. The molecule has 1 unspecified atom stereocenters. The van der Waals surface area contributed by atoms with Gasteiger partial charge in [-0.15, -0.1) is 6.58 Å². The Morgan fingerprint density at radius 3 is 2.48 bits per heavy atom. The molecule has 0 fully saturated rings. The van der Waals surface area contributed by atoms with Gasteiger partial charge in [0.15, 0.2) is 5.75 Å². The first-order valence-electron chi connectivity index (χ1n) is 8.29. The van der Waals surface area contributed by atoms with Gasteiger partial charge >= 0.3 is 0 Å². The molecule has 0 amide bonds. The smallest absolute Gasteiger partial charge is 0.250 e. The van der Waals surface area contributed by atoms with E-state index in [1.165, 1.54) is 0 Å². The summed E-state index contributed by atoms with van der Waals surface area (Å²) in [6.45, 7) is 14.8. The summed E-state index contributed by atoms with van der Waals surface area (Å²) >= 11 is 0. The number of rotatable bonds is 8. The lowest BCUT2D eigenvalue weighted by molar-refractivity contribution is 0.160. The lowest BCUT2D eigenvalue weighted by Gasteiger charge is -2.37. The third kappa shape index (κ3) is 5.11. The molecule has 0 aliphatic rings. The maximum atomic E-state index is 10.5. The van der Waals surface area contributed by atoms with E-state index in [0.29, 0.717) is 12.2 Å². The van der Waals surface area contributed by atoms with E-state index < -0.39 is 14.4 Å². The number of methoxy groups -OCH3 is 1. The molecule has 1 atom stereocenters. The number of para-hydroxylation sites is 1. The van der Waals surface area contributed by atoms with Crippen molar-refractivity contribution in [3.05, 3.63) is 36.4 Å². The van der Waals surface area contributed by atoms with Gasteiger partial charge in [-0.1, -0.05) is 39.0 Å². The molecule has 1 aromatic carbocycles. The fourth-order valence-corrected chi connectivity index (χ4v) is 3.15. The van der Waals surface area contributed by atoms with Gasteiger partial charge in [0.2, 0.25) is 0 Å². The molecule has 0 aliphatic heterocycles. The molecule has 0 saturated heterocycles. The Balaban J connectivity index is 3.07. The molecule has 1 rings (SSSR count). The van der Waals surface area contributed by atoms with Crippen molar-refractivity contribution in [3.63, 3.8) is 0 Å². The van der Waals surface area contributed by atoms with Gasteiger partial charge in [0.1, 0.15) is 5.75 Å². The van der Waals surface area contributed by atoms with E-state index in [1.807, 2.05) is 24.3 Å². The van der Waals surface area contributed by atoms with Crippen LogP contribution in [0.5, 0.6) is 11.5 Å². The molecule has 0 aromatic heterocycles. The van der Waals surface area contributed by atoms with E-state index in [0.717, 1.165) is 24.2 Å². The highest BCUT2D eigenvalue weighted by atomic mass is 28.4. The number of unbranched alkanes of at least 4 members (excludes halogenated alkanes) is 1. The molecular weight excluding hydrogens is 304 g/mol. The van der Waals surface area contributed by atoms with Crippen LogP contribution in [0.15, 0.2) is 30.9 Å². The zero-order valence-corrected chi connectivity index (χ0v) is 16.5. The van der Waals surface area contributed by atoms with Crippen molar-refractivity contribution in [2.75, 3.05) is 7.11 Å². The number of aliphatic hydroxyl groups is 1. The highest BCUT2D eigenvalue weighted by Crippen LogP contribution is 2.42. The third-order valence-corrected chi connectivity index (χ3v) is 8.97. The van der Waals surface area contributed by atoms with Crippen molar-refractivity contribution >= 4 is 8.32 Å². The number of aliphatic hydroxyl groups excluding tert-OH is 1. The van der Waals surface area contributed by atoms with Crippen molar-refractivity contribution in [1.82, 2.24) is 0 Å². The molecule has 0 aliphatic carbocycles. The van der Waals surface area contributed by atoms with E-state index in [1.54, 1.807) is 7.11 Å². The Morgan fingerprint density at radius 1 is 1.30 bits per heavy atom. The molecule has 3 nitrogen and oxygen atoms in total. The minimum atomic E-state index is -1.96. The van der Waals surface area contributed by atoms with Crippen molar-refractivity contribution in [1.29, 1.82) is 0 Å². The van der Waals surface area contributed by atoms with Crippen LogP contribution in [0.4, 0.5) is 0 Å². The van der Waals surface area contributed by atoms with Crippen LogP contribution in [-0.2, 0) is 0 Å². The van der Waals surface area contributed by atoms with Gasteiger partial charge in [-0.05, 0) is 43.5 Å². The van der Waals surface area contributed by atoms with Crippen LogP contribution in [0.1, 0.15) is 51.7 Å². The van der Waals surface area contributed by atoms with Gasteiger partial charge in [-0.25, -0.2) is 0 Å². The summed E-state index contributed by atoms with van der Waals surface area (Å²) in [6.07, 6.45) is 3.82. The molecule has 0 saturated carbocycles. The summed E-state index contributed by atoms with van der Waals surface area (Å²) in [5.74, 6) is 1.39. The molecule has 0 bridgehead atoms. The van der Waals surface area contributed by atoms with E-state index in [4.69, 9.17) is 9.16 Å². The van der Waals surface area contributed by atoms with Crippen LogP contribution in [0.3, 0.4) is 0 Å². The van der Waals surface area contributed by atoms with Gasteiger partial charge in [0.05, 0.1) is 13.2 Å². The number of allylic oxidation sites excluding steroid dienone is 1. The summed E-state index contributed by atoms with van der Waals surface area (Å²) < 4.78 is 12.0. The zero-order chi connectivity index (χ0) is 17.7. The van der Waals surface area contributed by atoms with Gasteiger partial charge in [0.25, 0.3) is 8.32 Å². The summed E-state index contributed by atoms with van der Waals surface area (Å²) in [6, 6.07) is 5.77. The number of hydrogen-bond donors (Lipinski definition) is 1. The Morgan fingerprint density at radius 2 is 1.96 bits per heavy atom. The van der Waals surface area contributed by atoms with Crippen molar-refractivity contribution in [2.24, 2.45) is 0 Å². The number of benzene rings is 1. The largest absolute Gasteiger partial charge is 0.541 e. The Labute approximate surface area is 142 Å². The van der Waals surface area contributed by atoms with E-state index >= 15 is 0 Å². The molecule has 0 spiro atoms. The second kappa shape index (κ2) is 8.02. The Kier molecular flexibility index (Phi) is 6.90. The molecule has 130 valence electrons. The van der Waals surface area contributed by atoms with Gasteiger partial charge < -0.3 is 14.3 Å². The number of ether oxygens (including phenoxy) is 1. The highest BCUT2D eigenvalue weighted by molar-refractivity contribution is 6.74. The predicted molar refractivity (Wildman–Crippen MR) is 99.8 cm³/mol. The molecule has 4 heteroatoms. The molecule has 1 N–H and O–H groups in total. The van der Waals surface area contributed by atoms with E-state index in [9.17, 15) is 5.11 Å². The van der Waals surface area contributed by atoms with Gasteiger partial charge in [0, 0.05) is 5.56 Å². The molecular formula is C19H32O3Si. The van der Waals surface area contributed by atoms with E-state index in [-0.39, 0.29) is 5.04 Å². The standard InChI is InChI=1S/C19H32O3Si/c1-8-9-10-13-16(20)15-12-11-14-17(18(15)21-5)22-23(6,7)19(2,3)4/h8,11-12,14,16,20H,1,9-10,13H2,2-7H3. The Bertz CT molecular complexity index is 518. The van der Waals surface area contributed by atoms with E-state index in [2.05, 4.69) is 40.4 Å². The van der Waals surface area contributed by atoms with Crippen LogP contribution >= 0.6 is 0 Å². The summed E-state index contributed by atoms with van der Waals surface area (Å²) in [5.41, 5.74) is 0.799. The van der Waals surface area contributed by atoms with Crippen LogP contribution in [-0.4, -0.2) is 20.5 Å². The fourth-order valence-electron chi connectivity index (χ4n) is 2.13. The minimum absolute atomic E-state index is 0.108. The van der Waals surface area contributed by atoms with Crippen molar-refractivity contribution in [2.45, 2.75) is 64.3 Å².